The zero-order valence-electron chi connectivity index (χ0n) is 17.6. The maximum absolute atomic E-state index is 13.5. The fourth-order valence-electron chi connectivity index (χ4n) is 4.17. The number of benzene rings is 1. The van der Waals surface area contributed by atoms with E-state index < -0.39 is 0 Å². The number of carbonyl (C=O) groups is 2. The predicted octanol–water partition coefficient (Wildman–Crippen LogP) is 4.57. The van der Waals surface area contributed by atoms with Crippen LogP contribution < -0.4 is 0 Å². The van der Waals surface area contributed by atoms with E-state index in [0.29, 0.717) is 6.54 Å². The van der Waals surface area contributed by atoms with Gasteiger partial charge >= 0.3 is 0 Å². The van der Waals surface area contributed by atoms with Crippen LogP contribution in [-0.4, -0.2) is 40.7 Å². The number of hydrogen-bond acceptors (Lipinski definition) is 3. The van der Waals surface area contributed by atoms with Gasteiger partial charge in [-0.2, -0.15) is 0 Å². The van der Waals surface area contributed by atoms with Crippen LogP contribution in [-0.2, 0) is 16.0 Å². The highest BCUT2D eigenvalue weighted by Gasteiger charge is 2.38. The maximum atomic E-state index is 13.5. The fraction of sp³-hybridized carbons (Fsp3) is 0.500. The van der Waals surface area contributed by atoms with Crippen molar-refractivity contribution in [2.24, 2.45) is 5.92 Å². The summed E-state index contributed by atoms with van der Waals surface area (Å²) in [6.45, 7) is 7.11. The van der Waals surface area contributed by atoms with Crippen LogP contribution in [0.15, 0.2) is 35.7 Å². The second-order valence-electron chi connectivity index (χ2n) is 8.45. The number of thiophene rings is 1. The van der Waals surface area contributed by atoms with Crippen molar-refractivity contribution < 1.29 is 9.59 Å². The molecule has 5 heteroatoms. The van der Waals surface area contributed by atoms with Crippen LogP contribution in [0.5, 0.6) is 0 Å². The van der Waals surface area contributed by atoms with Gasteiger partial charge in [-0.25, -0.2) is 0 Å². The van der Waals surface area contributed by atoms with Crippen molar-refractivity contribution in [2.45, 2.75) is 58.5 Å². The van der Waals surface area contributed by atoms with Gasteiger partial charge in [0.2, 0.25) is 11.8 Å². The van der Waals surface area contributed by atoms with Gasteiger partial charge in [-0.05, 0) is 62.1 Å². The lowest BCUT2D eigenvalue weighted by molar-refractivity contribution is -0.144. The first-order valence-electron chi connectivity index (χ1n) is 10.7. The second-order valence-corrected chi connectivity index (χ2v) is 9.45. The predicted molar refractivity (Wildman–Crippen MR) is 117 cm³/mol. The lowest BCUT2D eigenvalue weighted by Crippen LogP contribution is -2.49. The molecular weight excluding hydrogens is 380 g/mol. The molecule has 2 atom stereocenters. The average Bonchev–Trinajstić information content (AvgIpc) is 3.47. The Morgan fingerprint density at radius 1 is 1.21 bits per heavy atom. The monoisotopic (exact) mass is 410 g/mol. The van der Waals surface area contributed by atoms with Gasteiger partial charge in [0.15, 0.2) is 0 Å². The van der Waals surface area contributed by atoms with Crippen molar-refractivity contribution in [3.05, 3.63) is 57.3 Å². The molecule has 0 spiro atoms. The van der Waals surface area contributed by atoms with Crippen LogP contribution in [0.25, 0.3) is 0 Å². The van der Waals surface area contributed by atoms with Crippen molar-refractivity contribution in [1.82, 2.24) is 9.80 Å². The quantitative estimate of drug-likeness (QED) is 0.700. The van der Waals surface area contributed by atoms with Gasteiger partial charge < -0.3 is 9.80 Å². The first-order valence-corrected chi connectivity index (χ1v) is 11.6. The van der Waals surface area contributed by atoms with Crippen LogP contribution in [0, 0.1) is 12.8 Å². The van der Waals surface area contributed by atoms with Crippen LogP contribution >= 0.6 is 11.3 Å². The van der Waals surface area contributed by atoms with Crippen LogP contribution in [0.3, 0.4) is 0 Å². The molecule has 2 aliphatic rings. The minimum atomic E-state index is -0.0621. The van der Waals surface area contributed by atoms with E-state index in [0.717, 1.165) is 31.2 Å². The molecule has 4 nitrogen and oxygen atoms in total. The van der Waals surface area contributed by atoms with Crippen LogP contribution in [0.4, 0.5) is 0 Å². The molecule has 0 unspecified atom stereocenters. The Bertz CT molecular complexity index is 885. The van der Waals surface area contributed by atoms with Gasteiger partial charge in [0.05, 0.1) is 6.04 Å². The molecular formula is C24H30N2O2S. The van der Waals surface area contributed by atoms with Crippen molar-refractivity contribution in [2.75, 3.05) is 13.1 Å². The molecule has 1 fully saturated rings. The van der Waals surface area contributed by atoms with E-state index >= 15 is 0 Å². The van der Waals surface area contributed by atoms with Gasteiger partial charge in [0.1, 0.15) is 6.54 Å². The van der Waals surface area contributed by atoms with Gasteiger partial charge in [-0.3, -0.25) is 9.59 Å². The molecule has 29 heavy (non-hydrogen) atoms. The van der Waals surface area contributed by atoms with E-state index in [1.165, 1.54) is 16.0 Å². The Balaban J connectivity index is 1.61. The second kappa shape index (κ2) is 8.31. The molecule has 4 rings (SSSR count). The van der Waals surface area contributed by atoms with Gasteiger partial charge in [0, 0.05) is 23.4 Å². The Morgan fingerprint density at radius 2 is 1.93 bits per heavy atom. The Kier molecular flexibility index (Phi) is 5.77. The zero-order valence-corrected chi connectivity index (χ0v) is 18.4. The highest BCUT2D eigenvalue weighted by Crippen LogP contribution is 2.38. The number of nitrogens with zero attached hydrogens (tertiary/aromatic N) is 2. The highest BCUT2D eigenvalue weighted by molar-refractivity contribution is 7.10. The van der Waals surface area contributed by atoms with Crippen LogP contribution in [0.1, 0.15) is 60.7 Å². The topological polar surface area (TPSA) is 40.6 Å². The molecule has 2 amide bonds. The van der Waals surface area contributed by atoms with Crippen molar-refractivity contribution >= 4 is 23.2 Å². The SMILES string of the molecule is CC[C@H](C)N(CC(=O)N1CCc2sccc2[C@@H]1c1ccc(C)cc1)C(=O)C1CC1. The van der Waals surface area contributed by atoms with E-state index in [2.05, 4.69) is 56.5 Å². The van der Waals surface area contributed by atoms with E-state index in [9.17, 15) is 9.59 Å². The van der Waals surface area contributed by atoms with Crippen molar-refractivity contribution in [3.63, 3.8) is 0 Å². The molecule has 0 radical (unpaired) electrons. The standard InChI is InChI=1S/C24H30N2O2S/c1-4-17(3)26(24(28)19-9-10-19)15-22(27)25-13-11-21-20(12-14-29-21)23(25)18-7-5-16(2)6-8-18/h5-8,12,14,17,19,23H,4,9-11,13,15H2,1-3H3/t17-,23-/m0/s1. The summed E-state index contributed by atoms with van der Waals surface area (Å²) in [6.07, 6.45) is 3.69. The number of carbonyl (C=O) groups excluding carboxylic acids is 2. The normalized spacial score (nSPS) is 19.6. The Hall–Kier alpha value is -2.14. The summed E-state index contributed by atoms with van der Waals surface area (Å²) >= 11 is 1.78. The number of rotatable bonds is 6. The molecule has 0 bridgehead atoms. The molecule has 154 valence electrons. The summed E-state index contributed by atoms with van der Waals surface area (Å²) in [7, 11) is 0. The third-order valence-electron chi connectivity index (χ3n) is 6.32. The molecule has 2 aromatic rings. The van der Waals surface area contributed by atoms with E-state index in [4.69, 9.17) is 0 Å². The summed E-state index contributed by atoms with van der Waals surface area (Å²) in [6, 6.07) is 10.7. The lowest BCUT2D eigenvalue weighted by atomic mass is 9.92. The third-order valence-corrected chi connectivity index (χ3v) is 7.31. The first kappa shape index (κ1) is 20.1. The molecule has 1 saturated carbocycles. The first-order chi connectivity index (χ1) is 14.0. The molecule has 0 N–H and O–H groups in total. The molecule has 1 aromatic carbocycles. The molecule has 1 aromatic heterocycles. The summed E-state index contributed by atoms with van der Waals surface area (Å²) in [5, 5.41) is 2.13. The van der Waals surface area contributed by atoms with E-state index in [-0.39, 0.29) is 36.4 Å². The van der Waals surface area contributed by atoms with E-state index in [1.807, 2.05) is 9.80 Å². The molecule has 1 aliphatic heterocycles. The van der Waals surface area contributed by atoms with Gasteiger partial charge in [-0.15, -0.1) is 11.3 Å². The zero-order chi connectivity index (χ0) is 20.5. The Labute approximate surface area is 177 Å². The highest BCUT2D eigenvalue weighted by atomic mass is 32.1. The summed E-state index contributed by atoms with van der Waals surface area (Å²) in [4.78, 5) is 31.5. The molecule has 2 heterocycles. The van der Waals surface area contributed by atoms with Crippen LogP contribution in [0.2, 0.25) is 0 Å². The average molecular weight is 411 g/mol. The minimum absolute atomic E-state index is 0.0572. The maximum Gasteiger partial charge on any atom is 0.243 e. The van der Waals surface area contributed by atoms with Gasteiger partial charge in [0.25, 0.3) is 0 Å². The summed E-state index contributed by atoms with van der Waals surface area (Å²) < 4.78 is 0. The number of fused-ring (bicyclic) bond motifs is 1. The molecule has 1 aliphatic carbocycles. The van der Waals surface area contributed by atoms with E-state index in [1.54, 1.807) is 11.3 Å². The van der Waals surface area contributed by atoms with Crippen molar-refractivity contribution in [1.29, 1.82) is 0 Å². The third kappa shape index (κ3) is 4.11. The lowest BCUT2D eigenvalue weighted by Gasteiger charge is -2.38. The number of hydrogen-bond donors (Lipinski definition) is 0. The fourth-order valence-corrected chi connectivity index (χ4v) is 5.07. The summed E-state index contributed by atoms with van der Waals surface area (Å²) in [5.41, 5.74) is 3.60. The number of aryl methyl sites for hydroxylation is 1. The Morgan fingerprint density at radius 3 is 2.59 bits per heavy atom. The van der Waals surface area contributed by atoms with Crippen molar-refractivity contribution in [3.8, 4) is 0 Å². The minimum Gasteiger partial charge on any atom is -0.330 e. The smallest absolute Gasteiger partial charge is 0.243 e. The van der Waals surface area contributed by atoms with Gasteiger partial charge in [-0.1, -0.05) is 36.8 Å². The summed E-state index contributed by atoms with van der Waals surface area (Å²) in [5.74, 6) is 0.351. The molecule has 0 saturated heterocycles. The largest absolute Gasteiger partial charge is 0.330 e. The number of amides is 2.